The number of amides is 1. The molecule has 0 spiro atoms. The number of hydrogen-bond donors (Lipinski definition) is 1. The van der Waals surface area contributed by atoms with Crippen LogP contribution in [0.3, 0.4) is 0 Å². The van der Waals surface area contributed by atoms with E-state index in [4.69, 9.17) is 0 Å². The highest BCUT2D eigenvalue weighted by Crippen LogP contribution is 2.39. The number of carbonyl (C=O) groups is 2. The molecule has 1 unspecified atom stereocenters. The Balaban J connectivity index is 2.00. The minimum absolute atomic E-state index is 0.0578. The molecule has 1 atom stereocenters. The lowest BCUT2D eigenvalue weighted by Gasteiger charge is -2.29. The maximum Gasteiger partial charge on any atom is 0.310 e. The third kappa shape index (κ3) is 3.78. The van der Waals surface area contributed by atoms with Crippen LogP contribution in [0.2, 0.25) is 0 Å². The van der Waals surface area contributed by atoms with Gasteiger partial charge in [-0.05, 0) is 31.1 Å². The predicted octanol–water partition coefficient (Wildman–Crippen LogP) is 3.31. The van der Waals surface area contributed by atoms with Crippen molar-refractivity contribution in [3.63, 3.8) is 0 Å². The Morgan fingerprint density at radius 3 is 2.29 bits per heavy atom. The van der Waals surface area contributed by atoms with Crippen LogP contribution in [0.15, 0.2) is 0 Å². The Morgan fingerprint density at radius 2 is 1.81 bits per heavy atom. The summed E-state index contributed by atoms with van der Waals surface area (Å²) in [5.74, 6) is 0.456. The molecule has 21 heavy (non-hydrogen) atoms. The molecule has 2 rings (SSSR count). The average Bonchev–Trinajstić information content (AvgIpc) is 2.81. The van der Waals surface area contributed by atoms with Gasteiger partial charge < -0.3 is 10.0 Å². The standard InChI is InChI=1S/C17H29NO3/c1-13(2)14-7-10-18(12-14)15(19)11-17(16(20)21)8-5-3-4-6-9-17/h13-14H,3-12H2,1-2H3,(H,20,21). The van der Waals surface area contributed by atoms with Gasteiger partial charge in [0.2, 0.25) is 5.91 Å². The van der Waals surface area contributed by atoms with E-state index >= 15 is 0 Å². The van der Waals surface area contributed by atoms with Crippen molar-refractivity contribution in [1.29, 1.82) is 0 Å². The second kappa shape index (κ2) is 6.80. The van der Waals surface area contributed by atoms with Crippen molar-refractivity contribution < 1.29 is 14.7 Å². The number of likely N-dealkylation sites (tertiary alicyclic amines) is 1. The van der Waals surface area contributed by atoms with E-state index in [0.717, 1.165) is 45.2 Å². The predicted molar refractivity (Wildman–Crippen MR) is 81.9 cm³/mol. The first kappa shape index (κ1) is 16.3. The van der Waals surface area contributed by atoms with Gasteiger partial charge in [0.05, 0.1) is 5.41 Å². The van der Waals surface area contributed by atoms with Gasteiger partial charge in [-0.2, -0.15) is 0 Å². The fourth-order valence-electron chi connectivity index (χ4n) is 3.83. The van der Waals surface area contributed by atoms with Gasteiger partial charge in [0.1, 0.15) is 0 Å². The molecule has 2 fully saturated rings. The second-order valence-corrected chi connectivity index (χ2v) is 7.31. The molecule has 1 saturated carbocycles. The molecule has 1 saturated heterocycles. The molecule has 0 aromatic carbocycles. The summed E-state index contributed by atoms with van der Waals surface area (Å²) in [5, 5.41) is 9.67. The topological polar surface area (TPSA) is 57.6 Å². The molecular formula is C17H29NO3. The van der Waals surface area contributed by atoms with E-state index in [2.05, 4.69) is 13.8 Å². The fourth-order valence-corrected chi connectivity index (χ4v) is 3.83. The number of rotatable bonds is 4. The van der Waals surface area contributed by atoms with Crippen LogP contribution in [0.1, 0.15) is 65.2 Å². The Labute approximate surface area is 127 Å². The summed E-state index contributed by atoms with van der Waals surface area (Å²) in [5.41, 5.74) is -0.802. The molecule has 0 aromatic rings. The van der Waals surface area contributed by atoms with Crippen LogP contribution in [-0.2, 0) is 9.59 Å². The number of carboxylic acid groups (broad SMARTS) is 1. The van der Waals surface area contributed by atoms with Crippen LogP contribution in [0.25, 0.3) is 0 Å². The molecule has 0 bridgehead atoms. The molecular weight excluding hydrogens is 266 g/mol. The molecule has 0 aromatic heterocycles. The maximum atomic E-state index is 12.6. The zero-order valence-corrected chi connectivity index (χ0v) is 13.4. The molecule has 1 amide bonds. The molecule has 1 heterocycles. The zero-order valence-electron chi connectivity index (χ0n) is 13.4. The normalized spacial score (nSPS) is 25.9. The van der Waals surface area contributed by atoms with Crippen molar-refractivity contribution in [3.8, 4) is 0 Å². The van der Waals surface area contributed by atoms with Crippen LogP contribution in [0.5, 0.6) is 0 Å². The summed E-state index contributed by atoms with van der Waals surface area (Å²) in [4.78, 5) is 26.3. The third-order valence-electron chi connectivity index (χ3n) is 5.52. The second-order valence-electron chi connectivity index (χ2n) is 7.31. The largest absolute Gasteiger partial charge is 0.481 e. The van der Waals surface area contributed by atoms with Gasteiger partial charge in [-0.15, -0.1) is 0 Å². The molecule has 1 N–H and O–H groups in total. The van der Waals surface area contributed by atoms with Crippen molar-refractivity contribution in [1.82, 2.24) is 4.90 Å². The van der Waals surface area contributed by atoms with Gasteiger partial charge in [0.25, 0.3) is 0 Å². The van der Waals surface area contributed by atoms with Crippen molar-refractivity contribution in [2.24, 2.45) is 17.3 Å². The smallest absolute Gasteiger partial charge is 0.310 e. The summed E-state index contributed by atoms with van der Waals surface area (Å²) in [7, 11) is 0. The highest BCUT2D eigenvalue weighted by atomic mass is 16.4. The summed E-state index contributed by atoms with van der Waals surface area (Å²) in [6.45, 7) is 6.01. The van der Waals surface area contributed by atoms with Crippen molar-refractivity contribution in [3.05, 3.63) is 0 Å². The summed E-state index contributed by atoms with van der Waals surface area (Å²) in [6.07, 6.45) is 6.66. The Bertz CT molecular complexity index is 383. The number of hydrogen-bond acceptors (Lipinski definition) is 2. The highest BCUT2D eigenvalue weighted by molar-refractivity contribution is 5.85. The van der Waals surface area contributed by atoms with Crippen molar-refractivity contribution in [2.75, 3.05) is 13.1 Å². The van der Waals surface area contributed by atoms with E-state index in [9.17, 15) is 14.7 Å². The summed E-state index contributed by atoms with van der Waals surface area (Å²) >= 11 is 0. The molecule has 4 nitrogen and oxygen atoms in total. The summed E-state index contributed by atoms with van der Waals surface area (Å²) in [6, 6.07) is 0. The van der Waals surface area contributed by atoms with Gasteiger partial charge >= 0.3 is 5.97 Å². The Kier molecular flexibility index (Phi) is 5.28. The van der Waals surface area contributed by atoms with E-state index in [1.165, 1.54) is 0 Å². The lowest BCUT2D eigenvalue weighted by atomic mass is 9.77. The van der Waals surface area contributed by atoms with Gasteiger partial charge in [-0.25, -0.2) is 0 Å². The first-order valence-electron chi connectivity index (χ1n) is 8.46. The van der Waals surface area contributed by atoms with E-state index in [1.807, 2.05) is 4.90 Å². The number of aliphatic carboxylic acids is 1. The first-order chi connectivity index (χ1) is 9.94. The van der Waals surface area contributed by atoms with Crippen LogP contribution in [-0.4, -0.2) is 35.0 Å². The van der Waals surface area contributed by atoms with Gasteiger partial charge in [-0.3, -0.25) is 9.59 Å². The molecule has 2 aliphatic rings. The highest BCUT2D eigenvalue weighted by Gasteiger charge is 2.42. The van der Waals surface area contributed by atoms with Crippen molar-refractivity contribution in [2.45, 2.75) is 65.2 Å². The number of carbonyl (C=O) groups excluding carboxylic acids is 1. The lowest BCUT2D eigenvalue weighted by Crippen LogP contribution is -2.39. The third-order valence-corrected chi connectivity index (χ3v) is 5.52. The van der Waals surface area contributed by atoms with E-state index in [-0.39, 0.29) is 12.3 Å². The van der Waals surface area contributed by atoms with Gasteiger partial charge in [-0.1, -0.05) is 39.5 Å². The first-order valence-corrected chi connectivity index (χ1v) is 8.46. The monoisotopic (exact) mass is 295 g/mol. The number of nitrogens with zero attached hydrogens (tertiary/aromatic N) is 1. The minimum atomic E-state index is -0.802. The Hall–Kier alpha value is -1.06. The molecule has 1 aliphatic heterocycles. The SMILES string of the molecule is CC(C)C1CCN(C(=O)CC2(C(=O)O)CCCCCC2)C1. The zero-order chi connectivity index (χ0) is 15.5. The Morgan fingerprint density at radius 1 is 1.19 bits per heavy atom. The van der Waals surface area contributed by atoms with Crippen LogP contribution < -0.4 is 0 Å². The van der Waals surface area contributed by atoms with Gasteiger partial charge in [0.15, 0.2) is 0 Å². The van der Waals surface area contributed by atoms with E-state index in [0.29, 0.717) is 24.7 Å². The quantitative estimate of drug-likeness (QED) is 0.810. The summed E-state index contributed by atoms with van der Waals surface area (Å²) < 4.78 is 0. The molecule has 4 heteroatoms. The average molecular weight is 295 g/mol. The van der Waals surface area contributed by atoms with Crippen LogP contribution >= 0.6 is 0 Å². The molecule has 120 valence electrons. The van der Waals surface area contributed by atoms with Crippen LogP contribution in [0, 0.1) is 17.3 Å². The molecule has 0 radical (unpaired) electrons. The fraction of sp³-hybridized carbons (Fsp3) is 0.882. The van der Waals surface area contributed by atoms with Crippen molar-refractivity contribution >= 4 is 11.9 Å². The number of carboxylic acids is 1. The lowest BCUT2D eigenvalue weighted by molar-refractivity contribution is -0.154. The minimum Gasteiger partial charge on any atom is -0.481 e. The van der Waals surface area contributed by atoms with Gasteiger partial charge in [0, 0.05) is 19.5 Å². The van der Waals surface area contributed by atoms with E-state index < -0.39 is 11.4 Å². The molecule has 1 aliphatic carbocycles. The van der Waals surface area contributed by atoms with E-state index in [1.54, 1.807) is 0 Å². The van der Waals surface area contributed by atoms with Crippen LogP contribution in [0.4, 0.5) is 0 Å². The maximum absolute atomic E-state index is 12.6.